The highest BCUT2D eigenvalue weighted by molar-refractivity contribution is 7.89. The molecule has 1 N–H and O–H groups in total. The molecule has 2 aliphatic rings. The second-order valence-corrected chi connectivity index (χ2v) is 7.18. The summed E-state index contributed by atoms with van der Waals surface area (Å²) in [5.74, 6) is 1.11. The van der Waals surface area contributed by atoms with Crippen LogP contribution in [0.25, 0.3) is 0 Å². The van der Waals surface area contributed by atoms with Gasteiger partial charge in [0.05, 0.1) is 12.4 Å². The van der Waals surface area contributed by atoms with E-state index in [1.165, 1.54) is 0 Å². The molecule has 2 aliphatic heterocycles. The molecule has 6 heteroatoms. The summed E-state index contributed by atoms with van der Waals surface area (Å²) in [6.07, 6.45) is 0.900. The van der Waals surface area contributed by atoms with Crippen LogP contribution < -0.4 is 5.32 Å². The van der Waals surface area contributed by atoms with Gasteiger partial charge in [0.25, 0.3) is 0 Å². The van der Waals surface area contributed by atoms with Crippen LogP contribution in [0.3, 0.4) is 0 Å². The molecule has 5 nitrogen and oxygen atoms in total. The van der Waals surface area contributed by atoms with Crippen LogP contribution in [-0.4, -0.2) is 57.4 Å². The Kier molecular flexibility index (Phi) is 4.64. The van der Waals surface area contributed by atoms with Crippen molar-refractivity contribution in [3.8, 4) is 0 Å². The molecule has 0 amide bonds. The molecule has 2 rings (SSSR count). The predicted octanol–water partition coefficient (Wildman–Crippen LogP) is 0.283. The fourth-order valence-corrected chi connectivity index (χ4v) is 4.94. The average Bonchev–Trinajstić information content (AvgIpc) is 2.88. The largest absolute Gasteiger partial charge is 0.381 e. The van der Waals surface area contributed by atoms with Crippen LogP contribution in [0.4, 0.5) is 0 Å². The summed E-state index contributed by atoms with van der Waals surface area (Å²) in [5, 5.41) is 3.37. The molecule has 0 bridgehead atoms. The highest BCUT2D eigenvalue weighted by Crippen LogP contribution is 2.36. The monoisotopic (exact) mass is 276 g/mol. The first-order valence-corrected chi connectivity index (χ1v) is 8.49. The molecule has 0 radical (unpaired) electrons. The minimum atomic E-state index is -3.16. The van der Waals surface area contributed by atoms with Crippen molar-refractivity contribution in [3.05, 3.63) is 0 Å². The number of nitrogens with zero attached hydrogens (tertiary/aromatic N) is 1. The minimum Gasteiger partial charge on any atom is -0.381 e. The van der Waals surface area contributed by atoms with E-state index in [0.29, 0.717) is 31.6 Å². The fourth-order valence-electron chi connectivity index (χ4n) is 3.24. The Labute approximate surface area is 110 Å². The van der Waals surface area contributed by atoms with Crippen LogP contribution >= 0.6 is 0 Å². The molecule has 2 saturated heterocycles. The molecule has 0 aromatic heterocycles. The molecule has 3 atom stereocenters. The molecular formula is C12H24N2O3S. The molecule has 0 spiro atoms. The summed E-state index contributed by atoms with van der Waals surface area (Å²) in [6, 6.07) is 0.177. The number of fused-ring (bicyclic) bond motifs is 1. The zero-order valence-corrected chi connectivity index (χ0v) is 12.1. The fraction of sp³-hybridized carbons (Fsp3) is 1.00. The molecule has 3 unspecified atom stereocenters. The smallest absolute Gasteiger partial charge is 0.216 e. The van der Waals surface area contributed by atoms with Gasteiger partial charge in [0.2, 0.25) is 10.0 Å². The van der Waals surface area contributed by atoms with Crippen molar-refractivity contribution in [3.63, 3.8) is 0 Å². The summed E-state index contributed by atoms with van der Waals surface area (Å²) in [7, 11) is -3.16. The van der Waals surface area contributed by atoms with Gasteiger partial charge < -0.3 is 10.1 Å². The number of nitrogens with one attached hydrogen (secondary N) is 1. The SMILES string of the molecule is CCOCCS(=O)(=O)N1CC2CNCC2C1CC. The topological polar surface area (TPSA) is 58.6 Å². The zero-order chi connectivity index (χ0) is 13.2. The number of ether oxygens (including phenoxy) is 1. The van der Waals surface area contributed by atoms with Gasteiger partial charge in [-0.2, -0.15) is 4.31 Å². The molecule has 0 saturated carbocycles. The van der Waals surface area contributed by atoms with Crippen LogP contribution in [0.1, 0.15) is 20.3 Å². The van der Waals surface area contributed by atoms with Gasteiger partial charge in [-0.15, -0.1) is 0 Å². The van der Waals surface area contributed by atoms with Crippen molar-refractivity contribution in [1.29, 1.82) is 0 Å². The Morgan fingerprint density at radius 2 is 2.11 bits per heavy atom. The third-order valence-corrected chi connectivity index (χ3v) is 5.95. The maximum Gasteiger partial charge on any atom is 0.216 e. The van der Waals surface area contributed by atoms with E-state index in [4.69, 9.17) is 4.74 Å². The Morgan fingerprint density at radius 3 is 2.78 bits per heavy atom. The van der Waals surface area contributed by atoms with Crippen molar-refractivity contribution in [1.82, 2.24) is 9.62 Å². The Balaban J connectivity index is 2.03. The van der Waals surface area contributed by atoms with Gasteiger partial charge in [-0.05, 0) is 38.3 Å². The van der Waals surface area contributed by atoms with Gasteiger partial charge in [-0.1, -0.05) is 6.92 Å². The van der Waals surface area contributed by atoms with E-state index in [9.17, 15) is 8.42 Å². The van der Waals surface area contributed by atoms with Crippen molar-refractivity contribution in [2.45, 2.75) is 26.3 Å². The highest BCUT2D eigenvalue weighted by atomic mass is 32.2. The summed E-state index contributed by atoms with van der Waals surface area (Å²) >= 11 is 0. The normalized spacial score (nSPS) is 32.9. The quantitative estimate of drug-likeness (QED) is 0.708. The van der Waals surface area contributed by atoms with Gasteiger partial charge in [0.1, 0.15) is 0 Å². The maximum absolute atomic E-state index is 12.3. The molecule has 0 aliphatic carbocycles. The molecular weight excluding hydrogens is 252 g/mol. The molecule has 2 heterocycles. The van der Waals surface area contributed by atoms with E-state index in [1.807, 2.05) is 6.92 Å². The third kappa shape index (κ3) is 2.71. The number of rotatable bonds is 6. The summed E-state index contributed by atoms with van der Waals surface area (Å²) < 4.78 is 31.6. The number of hydrogen-bond donors (Lipinski definition) is 1. The Bertz CT molecular complexity index is 372. The molecule has 18 heavy (non-hydrogen) atoms. The van der Waals surface area contributed by atoms with E-state index in [0.717, 1.165) is 19.5 Å². The third-order valence-electron chi connectivity index (χ3n) is 4.14. The van der Waals surface area contributed by atoms with E-state index < -0.39 is 10.0 Å². The van der Waals surface area contributed by atoms with Gasteiger partial charge in [-0.25, -0.2) is 8.42 Å². The number of sulfonamides is 1. The summed E-state index contributed by atoms with van der Waals surface area (Å²) in [6.45, 7) is 7.44. The lowest BCUT2D eigenvalue weighted by Crippen LogP contribution is -2.41. The van der Waals surface area contributed by atoms with E-state index in [2.05, 4.69) is 12.2 Å². The van der Waals surface area contributed by atoms with Crippen LogP contribution in [-0.2, 0) is 14.8 Å². The number of hydrogen-bond acceptors (Lipinski definition) is 4. The predicted molar refractivity (Wildman–Crippen MR) is 70.9 cm³/mol. The Hall–Kier alpha value is -0.170. The summed E-state index contributed by atoms with van der Waals surface area (Å²) in [4.78, 5) is 0. The maximum atomic E-state index is 12.3. The van der Waals surface area contributed by atoms with E-state index >= 15 is 0 Å². The van der Waals surface area contributed by atoms with Crippen molar-refractivity contribution < 1.29 is 13.2 Å². The average molecular weight is 276 g/mol. The van der Waals surface area contributed by atoms with Crippen LogP contribution in [0, 0.1) is 11.8 Å². The minimum absolute atomic E-state index is 0.115. The van der Waals surface area contributed by atoms with Crippen molar-refractivity contribution in [2.75, 3.05) is 38.6 Å². The first kappa shape index (κ1) is 14.2. The second-order valence-electron chi connectivity index (χ2n) is 5.14. The molecule has 0 aromatic rings. The lowest BCUT2D eigenvalue weighted by molar-refractivity contribution is 0.162. The van der Waals surface area contributed by atoms with Gasteiger partial charge in [0.15, 0.2) is 0 Å². The van der Waals surface area contributed by atoms with Gasteiger partial charge in [-0.3, -0.25) is 0 Å². The van der Waals surface area contributed by atoms with Gasteiger partial charge >= 0.3 is 0 Å². The zero-order valence-electron chi connectivity index (χ0n) is 11.3. The van der Waals surface area contributed by atoms with Crippen molar-refractivity contribution >= 4 is 10.0 Å². The standard InChI is InChI=1S/C12H24N2O3S/c1-3-12-11-8-13-7-10(11)9-14(12)18(15,16)6-5-17-4-2/h10-13H,3-9H2,1-2H3. The molecule has 106 valence electrons. The second kappa shape index (κ2) is 5.86. The van der Waals surface area contributed by atoms with Gasteiger partial charge in [0, 0.05) is 19.2 Å². The first-order chi connectivity index (χ1) is 8.60. The summed E-state index contributed by atoms with van der Waals surface area (Å²) in [5.41, 5.74) is 0. The van der Waals surface area contributed by atoms with Crippen LogP contribution in [0.5, 0.6) is 0 Å². The highest BCUT2D eigenvalue weighted by Gasteiger charge is 2.47. The van der Waals surface area contributed by atoms with Crippen molar-refractivity contribution in [2.24, 2.45) is 11.8 Å². The van der Waals surface area contributed by atoms with Crippen LogP contribution in [0.15, 0.2) is 0 Å². The van der Waals surface area contributed by atoms with Crippen LogP contribution in [0.2, 0.25) is 0 Å². The lowest BCUT2D eigenvalue weighted by atomic mass is 9.93. The lowest BCUT2D eigenvalue weighted by Gasteiger charge is -2.26. The molecule has 2 fully saturated rings. The Morgan fingerprint density at radius 1 is 1.33 bits per heavy atom. The first-order valence-electron chi connectivity index (χ1n) is 6.88. The van der Waals surface area contributed by atoms with E-state index in [1.54, 1.807) is 4.31 Å². The molecule has 0 aromatic carbocycles. The van der Waals surface area contributed by atoms with E-state index in [-0.39, 0.29) is 11.8 Å².